The Morgan fingerprint density at radius 3 is 2.81 bits per heavy atom. The van der Waals surface area contributed by atoms with Gasteiger partial charge in [0, 0.05) is 18.5 Å². The van der Waals surface area contributed by atoms with Crippen LogP contribution >= 0.6 is 11.6 Å². The second kappa shape index (κ2) is 6.87. The molecule has 1 aliphatic rings. The molecule has 114 valence electrons. The Morgan fingerprint density at radius 2 is 2.14 bits per heavy atom. The maximum absolute atomic E-state index is 12.1. The Hall–Kier alpha value is -1.66. The van der Waals surface area contributed by atoms with Gasteiger partial charge in [0.2, 0.25) is 0 Å². The van der Waals surface area contributed by atoms with Crippen LogP contribution in [-0.2, 0) is 0 Å². The lowest BCUT2D eigenvalue weighted by atomic mass is 9.86. The number of hydrogen-bond donors (Lipinski definition) is 2. The summed E-state index contributed by atoms with van der Waals surface area (Å²) in [6.45, 7) is 0.346. The SMILES string of the molecule is O=C(NCC1CCCCC1O)c1cccc([N+](=O)[O-])c1Cl. The highest BCUT2D eigenvalue weighted by Crippen LogP contribution is 2.28. The maximum Gasteiger partial charge on any atom is 0.288 e. The number of halogens is 1. The predicted octanol–water partition coefficient (Wildman–Crippen LogP) is 2.53. The number of nitrogens with one attached hydrogen (secondary N) is 1. The standard InChI is InChI=1S/C14H17ClN2O4/c15-13-10(5-3-6-11(13)17(20)21)14(19)16-8-9-4-1-2-7-12(9)18/h3,5-6,9,12,18H,1-2,4,7-8H2,(H,16,19). The van der Waals surface area contributed by atoms with Gasteiger partial charge in [0.1, 0.15) is 5.02 Å². The van der Waals surface area contributed by atoms with E-state index in [9.17, 15) is 20.0 Å². The van der Waals surface area contributed by atoms with E-state index in [2.05, 4.69) is 5.32 Å². The summed E-state index contributed by atoms with van der Waals surface area (Å²) in [5.41, 5.74) is -0.210. The van der Waals surface area contributed by atoms with Crippen LogP contribution in [0.5, 0.6) is 0 Å². The van der Waals surface area contributed by atoms with Crippen molar-refractivity contribution in [2.45, 2.75) is 31.8 Å². The highest BCUT2D eigenvalue weighted by Gasteiger charge is 2.25. The van der Waals surface area contributed by atoms with Crippen LogP contribution in [0, 0.1) is 16.0 Å². The molecular formula is C14H17ClN2O4. The summed E-state index contributed by atoms with van der Waals surface area (Å²) in [5.74, 6) is -0.429. The van der Waals surface area contributed by atoms with E-state index in [0.29, 0.717) is 6.54 Å². The average Bonchev–Trinajstić information content (AvgIpc) is 2.46. The summed E-state index contributed by atoms with van der Waals surface area (Å²) in [7, 11) is 0. The number of amides is 1. The third-order valence-corrected chi connectivity index (χ3v) is 4.21. The Balaban J connectivity index is 2.03. The molecule has 2 atom stereocenters. The van der Waals surface area contributed by atoms with Crippen molar-refractivity contribution in [1.29, 1.82) is 0 Å². The first kappa shape index (κ1) is 15.7. The van der Waals surface area contributed by atoms with Crippen LogP contribution in [0.3, 0.4) is 0 Å². The Morgan fingerprint density at radius 1 is 1.43 bits per heavy atom. The van der Waals surface area contributed by atoms with Gasteiger partial charge in [-0.2, -0.15) is 0 Å². The number of aliphatic hydroxyl groups excluding tert-OH is 1. The Labute approximate surface area is 127 Å². The first-order chi connectivity index (χ1) is 10.0. The topological polar surface area (TPSA) is 92.5 Å². The van der Waals surface area contributed by atoms with Gasteiger partial charge in [-0.05, 0) is 18.9 Å². The number of carbonyl (C=O) groups excluding carboxylic acids is 1. The second-order valence-electron chi connectivity index (χ2n) is 5.22. The molecule has 0 aromatic heterocycles. The van der Waals surface area contributed by atoms with Gasteiger partial charge in [-0.3, -0.25) is 14.9 Å². The number of benzene rings is 1. The fourth-order valence-corrected chi connectivity index (χ4v) is 2.86. The lowest BCUT2D eigenvalue weighted by Gasteiger charge is -2.27. The zero-order valence-corrected chi connectivity index (χ0v) is 12.2. The highest BCUT2D eigenvalue weighted by atomic mass is 35.5. The summed E-state index contributed by atoms with van der Waals surface area (Å²) in [6.07, 6.45) is 3.25. The number of rotatable bonds is 4. The van der Waals surface area contributed by atoms with Crippen molar-refractivity contribution in [2.75, 3.05) is 6.54 Å². The van der Waals surface area contributed by atoms with E-state index in [4.69, 9.17) is 11.6 Å². The van der Waals surface area contributed by atoms with Crippen LogP contribution in [0.25, 0.3) is 0 Å². The van der Waals surface area contributed by atoms with Crippen LogP contribution < -0.4 is 5.32 Å². The zero-order chi connectivity index (χ0) is 15.4. The van der Waals surface area contributed by atoms with Crippen molar-refractivity contribution in [3.8, 4) is 0 Å². The Bertz CT molecular complexity index is 550. The molecule has 2 rings (SSSR count). The van der Waals surface area contributed by atoms with Gasteiger partial charge in [-0.25, -0.2) is 0 Å². The third kappa shape index (κ3) is 3.71. The number of hydrogen-bond acceptors (Lipinski definition) is 4. The van der Waals surface area contributed by atoms with Crippen molar-refractivity contribution < 1.29 is 14.8 Å². The van der Waals surface area contributed by atoms with Gasteiger partial charge >= 0.3 is 0 Å². The molecule has 0 radical (unpaired) electrons. The van der Waals surface area contributed by atoms with Crippen LogP contribution in [0.4, 0.5) is 5.69 Å². The summed E-state index contributed by atoms with van der Waals surface area (Å²) in [5, 5.41) is 23.2. The summed E-state index contributed by atoms with van der Waals surface area (Å²) >= 11 is 5.90. The fraction of sp³-hybridized carbons (Fsp3) is 0.500. The Kier molecular flexibility index (Phi) is 5.14. The predicted molar refractivity (Wildman–Crippen MR) is 78.4 cm³/mol. The maximum atomic E-state index is 12.1. The largest absolute Gasteiger partial charge is 0.393 e. The molecule has 0 spiro atoms. The van der Waals surface area contributed by atoms with Gasteiger partial charge in [-0.1, -0.05) is 30.5 Å². The van der Waals surface area contributed by atoms with Gasteiger partial charge in [-0.15, -0.1) is 0 Å². The smallest absolute Gasteiger partial charge is 0.288 e. The third-order valence-electron chi connectivity index (χ3n) is 3.81. The highest BCUT2D eigenvalue weighted by molar-refractivity contribution is 6.35. The molecule has 1 aromatic carbocycles. The van der Waals surface area contributed by atoms with Gasteiger partial charge < -0.3 is 10.4 Å². The van der Waals surface area contributed by atoms with E-state index in [-0.39, 0.29) is 22.2 Å². The molecule has 0 bridgehead atoms. The van der Waals surface area contributed by atoms with Crippen molar-refractivity contribution in [2.24, 2.45) is 5.92 Å². The number of nitro groups is 1. The molecule has 21 heavy (non-hydrogen) atoms. The minimum absolute atomic E-state index is 0.0279. The summed E-state index contributed by atoms with van der Waals surface area (Å²) < 4.78 is 0. The number of aliphatic hydroxyl groups is 1. The lowest BCUT2D eigenvalue weighted by molar-refractivity contribution is -0.384. The van der Waals surface area contributed by atoms with E-state index in [1.54, 1.807) is 0 Å². The van der Waals surface area contributed by atoms with Gasteiger partial charge in [0.05, 0.1) is 16.6 Å². The number of nitrogens with zero attached hydrogens (tertiary/aromatic N) is 1. The molecule has 0 aliphatic heterocycles. The number of nitro benzene ring substituents is 1. The molecule has 2 unspecified atom stereocenters. The molecule has 0 heterocycles. The number of carbonyl (C=O) groups is 1. The van der Waals surface area contributed by atoms with Crippen LogP contribution in [0.1, 0.15) is 36.0 Å². The summed E-state index contributed by atoms with van der Waals surface area (Å²) in [4.78, 5) is 22.3. The van der Waals surface area contributed by atoms with E-state index < -0.39 is 16.9 Å². The quantitative estimate of drug-likeness (QED) is 0.660. The minimum Gasteiger partial charge on any atom is -0.393 e. The van der Waals surface area contributed by atoms with Crippen molar-refractivity contribution in [1.82, 2.24) is 5.32 Å². The normalized spacial score (nSPS) is 21.8. The zero-order valence-electron chi connectivity index (χ0n) is 11.4. The first-order valence-corrected chi connectivity index (χ1v) is 7.27. The van der Waals surface area contributed by atoms with Crippen molar-refractivity contribution in [3.63, 3.8) is 0 Å². The fourth-order valence-electron chi connectivity index (χ4n) is 2.58. The molecule has 2 N–H and O–H groups in total. The molecule has 6 nitrogen and oxygen atoms in total. The van der Waals surface area contributed by atoms with Gasteiger partial charge in [0.15, 0.2) is 0 Å². The second-order valence-corrected chi connectivity index (χ2v) is 5.60. The van der Waals surface area contributed by atoms with E-state index in [1.807, 2.05) is 0 Å². The molecule has 1 fully saturated rings. The average molecular weight is 313 g/mol. The molecule has 1 saturated carbocycles. The van der Waals surface area contributed by atoms with E-state index in [1.165, 1.54) is 18.2 Å². The molecule has 1 amide bonds. The minimum atomic E-state index is -0.621. The van der Waals surface area contributed by atoms with Crippen molar-refractivity contribution in [3.05, 3.63) is 38.9 Å². The van der Waals surface area contributed by atoms with E-state index in [0.717, 1.165) is 25.7 Å². The van der Waals surface area contributed by atoms with Gasteiger partial charge in [0.25, 0.3) is 11.6 Å². The van der Waals surface area contributed by atoms with Crippen LogP contribution in [0.2, 0.25) is 5.02 Å². The summed E-state index contributed by atoms with van der Waals surface area (Å²) in [6, 6.07) is 4.13. The monoisotopic (exact) mass is 312 g/mol. The van der Waals surface area contributed by atoms with E-state index >= 15 is 0 Å². The lowest BCUT2D eigenvalue weighted by Crippen LogP contribution is -2.36. The molecule has 1 aromatic rings. The van der Waals surface area contributed by atoms with Crippen molar-refractivity contribution >= 4 is 23.2 Å². The molecule has 7 heteroatoms. The van der Waals surface area contributed by atoms with Crippen LogP contribution in [0.15, 0.2) is 18.2 Å². The van der Waals surface area contributed by atoms with Crippen LogP contribution in [-0.4, -0.2) is 28.6 Å². The molecular weight excluding hydrogens is 296 g/mol. The molecule has 0 saturated heterocycles. The first-order valence-electron chi connectivity index (χ1n) is 6.90. The molecule has 1 aliphatic carbocycles.